The van der Waals surface area contributed by atoms with Gasteiger partial charge in [0.1, 0.15) is 11.4 Å². The van der Waals surface area contributed by atoms with Crippen molar-refractivity contribution in [1.82, 2.24) is 20.2 Å². The molecule has 2 fully saturated rings. The van der Waals surface area contributed by atoms with E-state index in [9.17, 15) is 18.4 Å². The molecule has 0 atom stereocenters. The van der Waals surface area contributed by atoms with E-state index in [4.69, 9.17) is 4.74 Å². The van der Waals surface area contributed by atoms with Gasteiger partial charge in [-0.25, -0.2) is 4.98 Å². The molecule has 1 aromatic carbocycles. The summed E-state index contributed by atoms with van der Waals surface area (Å²) in [6.45, 7) is 8.03. The summed E-state index contributed by atoms with van der Waals surface area (Å²) in [6, 6.07) is 4.95. The lowest BCUT2D eigenvalue weighted by Gasteiger charge is -2.53. The number of likely N-dealkylation sites (tertiary alicyclic amines) is 1. The van der Waals surface area contributed by atoms with Crippen LogP contribution < -0.4 is 25.2 Å². The average molecular weight is 600 g/mol. The summed E-state index contributed by atoms with van der Waals surface area (Å²) in [5, 5.41) is 6.33. The molecule has 5 rings (SSSR count). The molecule has 3 aliphatic rings. The van der Waals surface area contributed by atoms with Gasteiger partial charge in [-0.3, -0.25) is 14.5 Å². The Hall–Kier alpha value is -3.54. The lowest BCUT2D eigenvalue weighted by atomic mass is 9.77. The van der Waals surface area contributed by atoms with Crippen molar-refractivity contribution in [3.8, 4) is 5.75 Å². The summed E-state index contributed by atoms with van der Waals surface area (Å²) in [7, 11) is 4.96. The van der Waals surface area contributed by atoms with Crippen molar-refractivity contribution in [3.05, 3.63) is 30.0 Å². The molecule has 1 aliphatic carbocycles. The van der Waals surface area contributed by atoms with Gasteiger partial charge >= 0.3 is 5.92 Å². The molecule has 43 heavy (non-hydrogen) atoms. The van der Waals surface area contributed by atoms with Gasteiger partial charge in [0.2, 0.25) is 5.95 Å². The molecule has 12 heteroatoms. The molecule has 1 saturated carbocycles. The van der Waals surface area contributed by atoms with E-state index < -0.39 is 18.4 Å². The smallest absolute Gasteiger partial charge is 0.342 e. The summed E-state index contributed by atoms with van der Waals surface area (Å²) >= 11 is 0. The number of anilines is 4. The number of nitrogens with one attached hydrogen (secondary N) is 2. The zero-order chi connectivity index (χ0) is 31.3. The van der Waals surface area contributed by atoms with E-state index in [1.807, 2.05) is 0 Å². The van der Waals surface area contributed by atoms with Crippen LogP contribution in [0.2, 0.25) is 0 Å². The highest BCUT2D eigenvalue weighted by Gasteiger charge is 2.49. The first-order valence-corrected chi connectivity index (χ1v) is 14.9. The van der Waals surface area contributed by atoms with Crippen molar-refractivity contribution in [2.45, 2.75) is 95.3 Å². The number of rotatable bonds is 6. The standard InChI is InChI=1S/C31H43F2N7O3/c1-29(2)15-20(16-30(3,4)39(29)6)35-26(41)19-12-13-22(24(14-19)43-7)36-28-34-17-23-25(37-28)40(21-10-8-9-11-21)18-31(32,33)27(42)38(23)5/h12-14,17,20-21H,8-11,15-16,18H2,1-7H3,(H,35,41)(H,34,36,37). The Kier molecular flexibility index (Phi) is 8.04. The van der Waals surface area contributed by atoms with Gasteiger partial charge in [0, 0.05) is 35.8 Å². The number of amides is 2. The third kappa shape index (κ3) is 5.98. The quantitative estimate of drug-likeness (QED) is 0.480. The Morgan fingerprint density at radius 2 is 1.72 bits per heavy atom. The fraction of sp³-hybridized carbons (Fsp3) is 0.613. The third-order valence-electron chi connectivity index (χ3n) is 9.49. The normalized spacial score (nSPS) is 22.2. The molecule has 2 aromatic rings. The van der Waals surface area contributed by atoms with Crippen molar-refractivity contribution in [3.63, 3.8) is 0 Å². The van der Waals surface area contributed by atoms with Crippen molar-refractivity contribution < 1.29 is 23.1 Å². The second-order valence-corrected chi connectivity index (χ2v) is 13.3. The average Bonchev–Trinajstić information content (AvgIpc) is 3.46. The maximum Gasteiger partial charge on any atom is 0.342 e. The maximum atomic E-state index is 14.9. The van der Waals surface area contributed by atoms with Gasteiger partial charge in [0.15, 0.2) is 5.82 Å². The topological polar surface area (TPSA) is 103 Å². The van der Waals surface area contributed by atoms with Crippen LogP contribution in [-0.2, 0) is 4.79 Å². The Labute approximate surface area is 252 Å². The van der Waals surface area contributed by atoms with Crippen LogP contribution in [0.1, 0.15) is 76.6 Å². The molecule has 0 bridgehead atoms. The van der Waals surface area contributed by atoms with E-state index in [1.54, 1.807) is 23.1 Å². The fourth-order valence-corrected chi connectivity index (χ4v) is 6.90. The Bertz CT molecular complexity index is 1380. The van der Waals surface area contributed by atoms with Crippen molar-refractivity contribution in [2.75, 3.05) is 42.9 Å². The number of methoxy groups -OCH3 is 1. The molecule has 2 N–H and O–H groups in total. The molecule has 1 saturated heterocycles. The Morgan fingerprint density at radius 3 is 2.35 bits per heavy atom. The minimum Gasteiger partial charge on any atom is -0.495 e. The van der Waals surface area contributed by atoms with E-state index >= 15 is 0 Å². The molecule has 2 amide bonds. The van der Waals surface area contributed by atoms with E-state index in [2.05, 4.69) is 60.2 Å². The van der Waals surface area contributed by atoms with Gasteiger partial charge in [0.05, 0.1) is 25.5 Å². The van der Waals surface area contributed by atoms with E-state index in [-0.39, 0.29) is 46.5 Å². The number of hydrogen-bond donors (Lipinski definition) is 2. The van der Waals surface area contributed by atoms with Crippen LogP contribution in [-0.4, -0.2) is 83.5 Å². The number of fused-ring (bicyclic) bond motifs is 1. The number of aromatic nitrogens is 2. The highest BCUT2D eigenvalue weighted by atomic mass is 19.3. The number of alkyl halides is 2. The van der Waals surface area contributed by atoms with Gasteiger partial charge in [-0.15, -0.1) is 0 Å². The largest absolute Gasteiger partial charge is 0.495 e. The zero-order valence-corrected chi connectivity index (χ0v) is 26.1. The first-order chi connectivity index (χ1) is 20.1. The van der Waals surface area contributed by atoms with Crippen LogP contribution in [0.15, 0.2) is 24.4 Å². The van der Waals surface area contributed by atoms with Crippen LogP contribution >= 0.6 is 0 Å². The number of piperidine rings is 1. The molecule has 0 spiro atoms. The summed E-state index contributed by atoms with van der Waals surface area (Å²) in [4.78, 5) is 39.7. The SMILES string of the molecule is COc1cc(C(=O)NC2CC(C)(C)N(C)C(C)(C)C2)ccc1Nc1ncc2c(n1)N(C1CCCC1)CC(F)(F)C(=O)N2C. The number of nitrogens with zero attached hydrogens (tertiary/aromatic N) is 5. The Balaban J connectivity index is 1.38. The summed E-state index contributed by atoms with van der Waals surface area (Å²) in [5.41, 5.74) is 1.07. The van der Waals surface area contributed by atoms with Gasteiger partial charge < -0.3 is 25.2 Å². The van der Waals surface area contributed by atoms with Gasteiger partial charge in [-0.05, 0) is 78.6 Å². The molecule has 0 unspecified atom stereocenters. The van der Waals surface area contributed by atoms with Crippen molar-refractivity contribution in [1.29, 1.82) is 0 Å². The lowest BCUT2D eigenvalue weighted by molar-refractivity contribution is -0.140. The molecule has 2 aliphatic heterocycles. The molecule has 10 nitrogen and oxygen atoms in total. The number of ether oxygens (including phenoxy) is 1. The number of halogens is 2. The van der Waals surface area contributed by atoms with Crippen molar-refractivity contribution in [2.24, 2.45) is 0 Å². The van der Waals surface area contributed by atoms with Gasteiger partial charge in [-0.1, -0.05) is 12.8 Å². The first kappa shape index (κ1) is 30.9. The highest BCUT2D eigenvalue weighted by molar-refractivity contribution is 6.02. The predicted molar refractivity (Wildman–Crippen MR) is 163 cm³/mol. The lowest BCUT2D eigenvalue weighted by Crippen LogP contribution is -2.62. The zero-order valence-electron chi connectivity index (χ0n) is 26.1. The number of carbonyl (C=O) groups is 2. The highest BCUT2D eigenvalue weighted by Crippen LogP contribution is 2.40. The summed E-state index contributed by atoms with van der Waals surface area (Å²) < 4.78 is 35.4. The minimum atomic E-state index is -3.55. The van der Waals surface area contributed by atoms with Gasteiger partial charge in [-0.2, -0.15) is 13.8 Å². The Morgan fingerprint density at radius 1 is 1.07 bits per heavy atom. The molecule has 3 heterocycles. The molecule has 0 radical (unpaired) electrons. The van der Waals surface area contributed by atoms with Crippen molar-refractivity contribution >= 4 is 35.0 Å². The van der Waals surface area contributed by atoms with Crippen LogP contribution in [0.5, 0.6) is 5.75 Å². The van der Waals surface area contributed by atoms with Gasteiger partial charge in [0.25, 0.3) is 11.8 Å². The molecular formula is C31H43F2N7O3. The number of hydrogen-bond acceptors (Lipinski definition) is 8. The van der Waals surface area contributed by atoms with Crippen LogP contribution in [0.25, 0.3) is 0 Å². The van der Waals surface area contributed by atoms with Crippen LogP contribution in [0.3, 0.4) is 0 Å². The monoisotopic (exact) mass is 599 g/mol. The van der Waals surface area contributed by atoms with Crippen LogP contribution in [0.4, 0.5) is 31.9 Å². The number of carbonyl (C=O) groups excluding carboxylic acids is 2. The second kappa shape index (κ2) is 11.2. The molecular weight excluding hydrogens is 556 g/mol. The minimum absolute atomic E-state index is 0.0191. The third-order valence-corrected chi connectivity index (χ3v) is 9.49. The van der Waals surface area contributed by atoms with E-state index in [0.717, 1.165) is 43.4 Å². The fourth-order valence-electron chi connectivity index (χ4n) is 6.90. The maximum absolute atomic E-state index is 14.9. The van der Waals surface area contributed by atoms with Crippen LogP contribution in [0, 0.1) is 0 Å². The molecule has 234 valence electrons. The summed E-state index contributed by atoms with van der Waals surface area (Å²) in [5.74, 6) is -4.16. The predicted octanol–water partition coefficient (Wildman–Crippen LogP) is 4.97. The molecule has 1 aromatic heterocycles. The second-order valence-electron chi connectivity index (χ2n) is 13.3. The van der Waals surface area contributed by atoms with E-state index in [0.29, 0.717) is 17.0 Å². The number of benzene rings is 1. The first-order valence-electron chi connectivity index (χ1n) is 14.9. The van der Waals surface area contributed by atoms with E-state index in [1.165, 1.54) is 20.4 Å². The summed E-state index contributed by atoms with van der Waals surface area (Å²) in [6.07, 6.45) is 6.43.